The Morgan fingerprint density at radius 3 is 2.64 bits per heavy atom. The maximum atomic E-state index is 13.0. The molecule has 178 valence electrons. The van der Waals surface area contributed by atoms with E-state index in [9.17, 15) is 23.1 Å². The lowest BCUT2D eigenvalue weighted by atomic mass is 9.81. The van der Waals surface area contributed by atoms with Gasteiger partial charge in [-0.1, -0.05) is 6.08 Å². The van der Waals surface area contributed by atoms with Crippen LogP contribution in [-0.2, 0) is 11.0 Å². The Hall–Kier alpha value is -2.72. The van der Waals surface area contributed by atoms with E-state index in [1.807, 2.05) is 0 Å². The van der Waals surface area contributed by atoms with Crippen LogP contribution < -0.4 is 10.6 Å². The van der Waals surface area contributed by atoms with E-state index in [0.717, 1.165) is 50.9 Å². The van der Waals surface area contributed by atoms with Gasteiger partial charge >= 0.3 is 6.18 Å². The number of rotatable bonds is 7. The lowest BCUT2D eigenvalue weighted by Crippen LogP contribution is -2.63. The van der Waals surface area contributed by atoms with Gasteiger partial charge in [0.15, 0.2) is 0 Å². The van der Waals surface area contributed by atoms with Gasteiger partial charge in [0.2, 0.25) is 5.91 Å². The number of aliphatic hydroxyl groups excluding tert-OH is 1. The third-order valence-corrected chi connectivity index (χ3v) is 6.64. The van der Waals surface area contributed by atoms with Crippen LogP contribution >= 0.6 is 0 Å². The molecule has 0 bridgehead atoms. The Kier molecular flexibility index (Phi) is 6.85. The first-order valence-corrected chi connectivity index (χ1v) is 11.1. The van der Waals surface area contributed by atoms with E-state index in [1.165, 1.54) is 12.4 Å². The number of nitrogens with zero attached hydrogens (tertiary/aromatic N) is 3. The number of hydrogen-bond donors (Lipinski definition) is 3. The molecule has 2 aromatic rings. The Labute approximate surface area is 190 Å². The summed E-state index contributed by atoms with van der Waals surface area (Å²) < 4.78 is 39.1. The number of amides is 1. The fourth-order valence-electron chi connectivity index (χ4n) is 4.72. The number of aliphatic hydroxyl groups is 1. The molecule has 0 spiro atoms. The normalized spacial score (nSPS) is 23.0. The monoisotopic (exact) mass is 463 g/mol. The number of hydrogen-bond acceptors (Lipinski definition) is 6. The third-order valence-electron chi connectivity index (χ3n) is 6.64. The van der Waals surface area contributed by atoms with Crippen LogP contribution in [0.15, 0.2) is 37.2 Å². The molecule has 1 aromatic heterocycles. The van der Waals surface area contributed by atoms with E-state index in [1.54, 1.807) is 6.08 Å². The van der Waals surface area contributed by atoms with Crippen molar-refractivity contribution in [1.82, 2.24) is 20.2 Å². The zero-order valence-electron chi connectivity index (χ0n) is 18.2. The highest BCUT2D eigenvalue weighted by Gasteiger charge is 2.36. The molecule has 1 aliphatic carbocycles. The highest BCUT2D eigenvalue weighted by Crippen LogP contribution is 2.33. The summed E-state index contributed by atoms with van der Waals surface area (Å²) in [7, 11) is 0. The zero-order valence-corrected chi connectivity index (χ0v) is 18.2. The number of carbonyl (C=O) groups excluding carboxylic acids is 1. The SMILES string of the molecule is C=CC(O)C1CCC(N2CC(NC(=O)CNc3ncnc4ccc(C(F)(F)F)cc34)C2)CC1. The summed E-state index contributed by atoms with van der Waals surface area (Å²) in [6.07, 6.45) is 1.94. The van der Waals surface area contributed by atoms with Gasteiger partial charge in [0.1, 0.15) is 12.1 Å². The summed E-state index contributed by atoms with van der Waals surface area (Å²) in [4.78, 5) is 22.7. The molecule has 2 heterocycles. The predicted octanol–water partition coefficient (Wildman–Crippen LogP) is 2.97. The van der Waals surface area contributed by atoms with Crippen LogP contribution in [0.3, 0.4) is 0 Å². The lowest BCUT2D eigenvalue weighted by Gasteiger charge is -2.47. The molecule has 1 aliphatic heterocycles. The van der Waals surface area contributed by atoms with Crippen molar-refractivity contribution in [3.63, 3.8) is 0 Å². The van der Waals surface area contributed by atoms with E-state index in [0.29, 0.717) is 11.6 Å². The van der Waals surface area contributed by atoms with Crippen molar-refractivity contribution in [1.29, 1.82) is 0 Å². The molecule has 33 heavy (non-hydrogen) atoms. The number of halogens is 3. The summed E-state index contributed by atoms with van der Waals surface area (Å²) in [6, 6.07) is 3.78. The van der Waals surface area contributed by atoms with Crippen molar-refractivity contribution in [2.24, 2.45) is 5.92 Å². The van der Waals surface area contributed by atoms with Gasteiger partial charge in [0.25, 0.3) is 0 Å². The van der Waals surface area contributed by atoms with Crippen LogP contribution in [0.4, 0.5) is 19.0 Å². The number of nitrogens with one attached hydrogen (secondary N) is 2. The number of anilines is 1. The van der Waals surface area contributed by atoms with E-state index in [-0.39, 0.29) is 35.6 Å². The van der Waals surface area contributed by atoms with Gasteiger partial charge in [-0.2, -0.15) is 13.2 Å². The largest absolute Gasteiger partial charge is 0.416 e. The van der Waals surface area contributed by atoms with Gasteiger partial charge in [-0.3, -0.25) is 9.69 Å². The number of fused-ring (bicyclic) bond motifs is 1. The molecule has 4 rings (SSSR count). The van der Waals surface area contributed by atoms with E-state index in [4.69, 9.17) is 0 Å². The van der Waals surface area contributed by atoms with Gasteiger partial charge in [-0.15, -0.1) is 6.58 Å². The zero-order chi connectivity index (χ0) is 23.6. The molecular formula is C23H28F3N5O2. The average molecular weight is 464 g/mol. The van der Waals surface area contributed by atoms with Gasteiger partial charge in [0.05, 0.1) is 29.8 Å². The molecule has 10 heteroatoms. The molecule has 2 aliphatic rings. The van der Waals surface area contributed by atoms with Gasteiger partial charge in [-0.05, 0) is 49.8 Å². The highest BCUT2D eigenvalue weighted by atomic mass is 19.4. The second-order valence-electron chi connectivity index (χ2n) is 8.82. The van der Waals surface area contributed by atoms with Crippen molar-refractivity contribution >= 4 is 22.6 Å². The summed E-state index contributed by atoms with van der Waals surface area (Å²) in [5.74, 6) is 0.234. The van der Waals surface area contributed by atoms with E-state index in [2.05, 4.69) is 32.1 Å². The quantitative estimate of drug-likeness (QED) is 0.547. The van der Waals surface area contributed by atoms with Crippen molar-refractivity contribution in [3.8, 4) is 0 Å². The van der Waals surface area contributed by atoms with Gasteiger partial charge < -0.3 is 15.7 Å². The van der Waals surface area contributed by atoms with Crippen molar-refractivity contribution in [3.05, 3.63) is 42.7 Å². The summed E-state index contributed by atoms with van der Waals surface area (Å²) in [6.45, 7) is 5.11. The molecule has 1 unspecified atom stereocenters. The van der Waals surface area contributed by atoms with Gasteiger partial charge in [-0.25, -0.2) is 9.97 Å². The minimum Gasteiger partial charge on any atom is -0.389 e. The Bertz CT molecular complexity index is 1000. The lowest BCUT2D eigenvalue weighted by molar-refractivity contribution is -0.137. The molecular weight excluding hydrogens is 435 g/mol. The fraction of sp³-hybridized carbons (Fsp3) is 0.522. The molecule has 3 N–H and O–H groups in total. The fourth-order valence-corrected chi connectivity index (χ4v) is 4.72. The molecule has 1 amide bonds. The van der Waals surface area contributed by atoms with E-state index < -0.39 is 17.8 Å². The number of aromatic nitrogens is 2. The molecule has 7 nitrogen and oxygen atoms in total. The summed E-state index contributed by atoms with van der Waals surface area (Å²) in [5.41, 5.74) is -0.425. The third kappa shape index (κ3) is 5.44. The first-order chi connectivity index (χ1) is 15.7. The minimum atomic E-state index is -4.47. The first kappa shape index (κ1) is 23.4. The van der Waals surface area contributed by atoms with Crippen LogP contribution in [0.2, 0.25) is 0 Å². The molecule has 0 radical (unpaired) electrons. The maximum Gasteiger partial charge on any atom is 0.416 e. The summed E-state index contributed by atoms with van der Waals surface area (Å²) in [5, 5.41) is 15.9. The number of carbonyl (C=O) groups is 1. The van der Waals surface area contributed by atoms with Crippen LogP contribution in [0.5, 0.6) is 0 Å². The summed E-state index contributed by atoms with van der Waals surface area (Å²) >= 11 is 0. The number of benzene rings is 1. The highest BCUT2D eigenvalue weighted by molar-refractivity contribution is 5.91. The maximum absolute atomic E-state index is 13.0. The van der Waals surface area contributed by atoms with Crippen LogP contribution in [0.1, 0.15) is 31.2 Å². The smallest absolute Gasteiger partial charge is 0.389 e. The Morgan fingerprint density at radius 2 is 1.97 bits per heavy atom. The topological polar surface area (TPSA) is 90.4 Å². The minimum absolute atomic E-state index is 0.0507. The van der Waals surface area contributed by atoms with Crippen molar-refractivity contribution in [2.45, 2.75) is 50.0 Å². The molecule has 1 saturated carbocycles. The van der Waals surface area contributed by atoms with E-state index >= 15 is 0 Å². The number of alkyl halides is 3. The Morgan fingerprint density at radius 1 is 1.24 bits per heavy atom. The van der Waals surface area contributed by atoms with Crippen molar-refractivity contribution in [2.75, 3.05) is 25.0 Å². The molecule has 1 saturated heterocycles. The standard InChI is InChI=1S/C23H28F3N5O2/c1-2-20(32)14-3-6-17(7-4-14)31-11-16(12-31)30-21(33)10-27-22-18-9-15(23(24,25)26)5-8-19(18)28-13-29-22/h2,5,8-9,13-14,16-17,20,32H,1,3-4,6-7,10-12H2,(H,30,33)(H,27,28,29). The average Bonchev–Trinajstić information content (AvgIpc) is 2.78. The predicted molar refractivity (Wildman–Crippen MR) is 118 cm³/mol. The first-order valence-electron chi connectivity index (χ1n) is 11.1. The second kappa shape index (κ2) is 9.64. The van der Waals surface area contributed by atoms with Crippen LogP contribution in [0, 0.1) is 5.92 Å². The van der Waals surface area contributed by atoms with Gasteiger partial charge in [0, 0.05) is 24.5 Å². The van der Waals surface area contributed by atoms with Crippen molar-refractivity contribution < 1.29 is 23.1 Å². The molecule has 2 fully saturated rings. The Balaban J connectivity index is 1.25. The van der Waals surface area contributed by atoms with Crippen LogP contribution in [-0.4, -0.2) is 63.7 Å². The molecule has 1 aromatic carbocycles. The molecule has 1 atom stereocenters. The number of likely N-dealkylation sites (tertiary alicyclic amines) is 1. The second-order valence-corrected chi connectivity index (χ2v) is 8.82. The van der Waals surface area contributed by atoms with Crippen LogP contribution in [0.25, 0.3) is 10.9 Å².